The quantitative estimate of drug-likeness (QED) is 0.745. The van der Waals surface area contributed by atoms with E-state index in [2.05, 4.69) is 5.32 Å². The van der Waals surface area contributed by atoms with E-state index < -0.39 is 0 Å². The van der Waals surface area contributed by atoms with Crippen LogP contribution in [0.2, 0.25) is 0 Å². The maximum Gasteiger partial charge on any atom is 0.255 e. The number of amides is 1. The van der Waals surface area contributed by atoms with E-state index in [0.717, 1.165) is 19.3 Å². The van der Waals surface area contributed by atoms with Crippen LogP contribution in [-0.2, 0) is 0 Å². The number of rotatable bonds is 7. The van der Waals surface area contributed by atoms with Gasteiger partial charge in [0.15, 0.2) is 0 Å². The van der Waals surface area contributed by atoms with E-state index in [9.17, 15) is 4.79 Å². The van der Waals surface area contributed by atoms with Crippen LogP contribution in [0, 0.1) is 0 Å². The van der Waals surface area contributed by atoms with Gasteiger partial charge in [0.25, 0.3) is 5.91 Å². The average molecular weight is 278 g/mol. The Bertz CT molecular complexity index is 484. The van der Waals surface area contributed by atoms with Gasteiger partial charge in [-0.1, -0.05) is 0 Å². The number of benzene rings is 1. The van der Waals surface area contributed by atoms with Crippen LogP contribution in [-0.4, -0.2) is 31.7 Å². The molecule has 0 unspecified atom stereocenters. The predicted octanol–water partition coefficient (Wildman–Crippen LogP) is 1.71. The molecule has 1 aromatic carbocycles. The maximum absolute atomic E-state index is 12.4. The molecule has 0 radical (unpaired) electrons. The van der Waals surface area contributed by atoms with Gasteiger partial charge in [0.1, 0.15) is 11.5 Å². The Morgan fingerprint density at radius 1 is 1.45 bits per heavy atom. The summed E-state index contributed by atoms with van der Waals surface area (Å²) in [5, 5.41) is 3.03. The van der Waals surface area contributed by atoms with Crippen molar-refractivity contribution in [2.24, 2.45) is 5.73 Å². The van der Waals surface area contributed by atoms with Crippen LogP contribution in [0.1, 0.15) is 36.5 Å². The zero-order chi connectivity index (χ0) is 14.6. The third kappa shape index (κ3) is 3.63. The summed E-state index contributed by atoms with van der Waals surface area (Å²) >= 11 is 0. The van der Waals surface area contributed by atoms with Gasteiger partial charge in [0.2, 0.25) is 0 Å². The Morgan fingerprint density at radius 3 is 2.80 bits per heavy atom. The van der Waals surface area contributed by atoms with E-state index in [1.807, 2.05) is 6.92 Å². The standard InChI is InChI=1S/C15H22N2O3/c1-15(6-7-15)17-14(18)12-10-11(19-2)4-5-13(12)20-9-3-8-16/h4-5,10H,3,6-9,16H2,1-2H3,(H,17,18). The van der Waals surface area contributed by atoms with Crippen LogP contribution >= 0.6 is 0 Å². The molecular weight excluding hydrogens is 256 g/mol. The maximum atomic E-state index is 12.4. The van der Waals surface area contributed by atoms with Gasteiger partial charge in [-0.3, -0.25) is 4.79 Å². The summed E-state index contributed by atoms with van der Waals surface area (Å²) < 4.78 is 10.8. The second kappa shape index (κ2) is 6.13. The molecule has 1 fully saturated rings. The van der Waals surface area contributed by atoms with Gasteiger partial charge < -0.3 is 20.5 Å². The fraction of sp³-hybridized carbons (Fsp3) is 0.533. The van der Waals surface area contributed by atoms with Crippen molar-refractivity contribution in [1.29, 1.82) is 0 Å². The number of hydrogen-bond donors (Lipinski definition) is 2. The molecule has 110 valence electrons. The minimum atomic E-state index is -0.119. The Hall–Kier alpha value is -1.75. The van der Waals surface area contributed by atoms with Gasteiger partial charge in [0, 0.05) is 5.54 Å². The van der Waals surface area contributed by atoms with Crippen molar-refractivity contribution in [2.45, 2.75) is 31.7 Å². The van der Waals surface area contributed by atoms with Crippen molar-refractivity contribution in [2.75, 3.05) is 20.3 Å². The minimum absolute atomic E-state index is 0.0608. The van der Waals surface area contributed by atoms with E-state index in [1.54, 1.807) is 25.3 Å². The van der Waals surface area contributed by atoms with E-state index in [0.29, 0.717) is 30.2 Å². The van der Waals surface area contributed by atoms with Crippen molar-refractivity contribution in [3.8, 4) is 11.5 Å². The lowest BCUT2D eigenvalue weighted by molar-refractivity contribution is 0.0931. The van der Waals surface area contributed by atoms with Crippen molar-refractivity contribution < 1.29 is 14.3 Å². The lowest BCUT2D eigenvalue weighted by Gasteiger charge is -2.15. The molecule has 20 heavy (non-hydrogen) atoms. The fourth-order valence-electron chi connectivity index (χ4n) is 1.86. The van der Waals surface area contributed by atoms with Crippen LogP contribution in [0.15, 0.2) is 18.2 Å². The van der Waals surface area contributed by atoms with Gasteiger partial charge in [-0.2, -0.15) is 0 Å². The number of nitrogens with two attached hydrogens (primary N) is 1. The number of ether oxygens (including phenoxy) is 2. The fourth-order valence-corrected chi connectivity index (χ4v) is 1.86. The molecule has 1 aliphatic rings. The third-order valence-electron chi connectivity index (χ3n) is 3.45. The summed E-state index contributed by atoms with van der Waals surface area (Å²) in [7, 11) is 1.58. The van der Waals surface area contributed by atoms with Crippen LogP contribution in [0.25, 0.3) is 0 Å². The molecule has 5 nitrogen and oxygen atoms in total. The van der Waals surface area contributed by atoms with E-state index in [-0.39, 0.29) is 11.4 Å². The zero-order valence-electron chi connectivity index (χ0n) is 12.1. The summed E-state index contributed by atoms with van der Waals surface area (Å²) in [4.78, 5) is 12.4. The predicted molar refractivity (Wildman–Crippen MR) is 77.3 cm³/mol. The van der Waals surface area contributed by atoms with Gasteiger partial charge >= 0.3 is 0 Å². The molecule has 1 aromatic rings. The highest BCUT2D eigenvalue weighted by molar-refractivity contribution is 5.98. The second-order valence-electron chi connectivity index (χ2n) is 5.37. The first-order valence-electron chi connectivity index (χ1n) is 6.91. The first-order valence-corrected chi connectivity index (χ1v) is 6.91. The number of hydrogen-bond acceptors (Lipinski definition) is 4. The summed E-state index contributed by atoms with van der Waals surface area (Å²) in [5.74, 6) is 1.09. The van der Waals surface area contributed by atoms with Crippen LogP contribution in [0.4, 0.5) is 0 Å². The molecule has 5 heteroatoms. The van der Waals surface area contributed by atoms with Gasteiger partial charge in [0.05, 0.1) is 19.3 Å². The molecule has 0 atom stereocenters. The third-order valence-corrected chi connectivity index (χ3v) is 3.45. The van der Waals surface area contributed by atoms with Crippen molar-refractivity contribution in [1.82, 2.24) is 5.32 Å². The monoisotopic (exact) mass is 278 g/mol. The Labute approximate surface area is 119 Å². The number of methoxy groups -OCH3 is 1. The first kappa shape index (κ1) is 14.7. The number of carbonyl (C=O) groups excluding carboxylic acids is 1. The lowest BCUT2D eigenvalue weighted by atomic mass is 10.1. The molecule has 1 saturated carbocycles. The molecule has 2 rings (SSSR count). The molecule has 0 spiro atoms. The van der Waals surface area contributed by atoms with Crippen LogP contribution in [0.5, 0.6) is 11.5 Å². The SMILES string of the molecule is COc1ccc(OCCCN)c(C(=O)NC2(C)CC2)c1. The Balaban J connectivity index is 2.15. The summed E-state index contributed by atoms with van der Waals surface area (Å²) in [6.07, 6.45) is 2.79. The molecule has 0 heterocycles. The normalized spacial score (nSPS) is 15.6. The molecular formula is C15H22N2O3. The molecule has 1 aliphatic carbocycles. The lowest BCUT2D eigenvalue weighted by Crippen LogP contribution is -2.34. The van der Waals surface area contributed by atoms with Gasteiger partial charge in [-0.15, -0.1) is 0 Å². The Kier molecular flexibility index (Phi) is 4.49. The van der Waals surface area contributed by atoms with Gasteiger partial charge in [-0.25, -0.2) is 0 Å². The van der Waals surface area contributed by atoms with Crippen LogP contribution < -0.4 is 20.5 Å². The zero-order valence-corrected chi connectivity index (χ0v) is 12.1. The molecule has 3 N–H and O–H groups in total. The first-order chi connectivity index (χ1) is 9.58. The Morgan fingerprint density at radius 2 is 2.20 bits per heavy atom. The van der Waals surface area contributed by atoms with Crippen molar-refractivity contribution in [3.63, 3.8) is 0 Å². The molecule has 0 saturated heterocycles. The topological polar surface area (TPSA) is 73.6 Å². The highest BCUT2D eigenvalue weighted by atomic mass is 16.5. The molecule has 0 bridgehead atoms. The van der Waals surface area contributed by atoms with Crippen LogP contribution in [0.3, 0.4) is 0 Å². The molecule has 1 amide bonds. The van der Waals surface area contributed by atoms with E-state index in [1.165, 1.54) is 0 Å². The van der Waals surface area contributed by atoms with E-state index >= 15 is 0 Å². The highest BCUT2D eigenvalue weighted by Crippen LogP contribution is 2.35. The largest absolute Gasteiger partial charge is 0.497 e. The second-order valence-corrected chi connectivity index (χ2v) is 5.37. The number of nitrogens with one attached hydrogen (secondary N) is 1. The van der Waals surface area contributed by atoms with E-state index in [4.69, 9.17) is 15.2 Å². The van der Waals surface area contributed by atoms with Gasteiger partial charge in [-0.05, 0) is 50.9 Å². The smallest absolute Gasteiger partial charge is 0.255 e. The molecule has 0 aromatic heterocycles. The van der Waals surface area contributed by atoms with Crippen molar-refractivity contribution >= 4 is 5.91 Å². The summed E-state index contributed by atoms with van der Waals surface area (Å²) in [5.41, 5.74) is 5.90. The minimum Gasteiger partial charge on any atom is -0.497 e. The summed E-state index contributed by atoms with van der Waals surface area (Å²) in [6, 6.07) is 5.26. The summed E-state index contributed by atoms with van der Waals surface area (Å²) in [6.45, 7) is 3.11. The molecule has 0 aliphatic heterocycles. The van der Waals surface area contributed by atoms with Crippen molar-refractivity contribution in [3.05, 3.63) is 23.8 Å². The highest BCUT2D eigenvalue weighted by Gasteiger charge is 2.39. The average Bonchev–Trinajstić information content (AvgIpc) is 3.16. The number of carbonyl (C=O) groups is 1.